The summed E-state index contributed by atoms with van der Waals surface area (Å²) in [6, 6.07) is 5.88. The molecule has 0 N–H and O–H groups in total. The van der Waals surface area contributed by atoms with E-state index in [1.54, 1.807) is 0 Å². The second-order valence-electron chi connectivity index (χ2n) is 2.29. The van der Waals surface area contributed by atoms with Crippen LogP contribution in [0.3, 0.4) is 0 Å². The zero-order chi connectivity index (χ0) is 7.14. The summed E-state index contributed by atoms with van der Waals surface area (Å²) < 4.78 is 0. The molecule has 48 valence electrons. The van der Waals surface area contributed by atoms with Crippen LogP contribution in [0.15, 0.2) is 29.1 Å². The van der Waals surface area contributed by atoms with Crippen LogP contribution in [0.4, 0.5) is 0 Å². The largest absolute Gasteiger partial charge is 0.864 e. The van der Waals surface area contributed by atoms with E-state index in [4.69, 9.17) is 0 Å². The van der Waals surface area contributed by atoms with Crippen molar-refractivity contribution in [3.8, 4) is 16.9 Å². The lowest BCUT2D eigenvalue weighted by molar-refractivity contribution is -0.267. The molecule has 2 nitrogen and oxygen atoms in total. The molecule has 0 amide bonds. The Kier molecular flexibility index (Phi) is 0.822. The van der Waals surface area contributed by atoms with E-state index in [2.05, 4.69) is 0 Å². The van der Waals surface area contributed by atoms with Gasteiger partial charge in [-0.3, -0.25) is 4.79 Å². The molecule has 0 saturated carbocycles. The molecular weight excluding hydrogens is 128 g/mol. The van der Waals surface area contributed by atoms with Crippen molar-refractivity contribution in [3.05, 3.63) is 34.5 Å². The van der Waals surface area contributed by atoms with Gasteiger partial charge in [0, 0.05) is 12.1 Å². The molecule has 0 radical (unpaired) electrons. The van der Waals surface area contributed by atoms with Crippen molar-refractivity contribution in [1.82, 2.24) is 0 Å². The van der Waals surface area contributed by atoms with E-state index in [1.165, 1.54) is 24.3 Å². The monoisotopic (exact) mass is 132 g/mol. The van der Waals surface area contributed by atoms with E-state index in [0.29, 0.717) is 0 Å². The molecule has 0 aromatic rings. The SMILES string of the molecule is O=c1cc2cc([O-])cc-2[cH+]1. The summed E-state index contributed by atoms with van der Waals surface area (Å²) in [5.74, 6) is -0.0231. The van der Waals surface area contributed by atoms with Crippen LogP contribution in [-0.4, -0.2) is 0 Å². The maximum Gasteiger partial charge on any atom is 0.269 e. The van der Waals surface area contributed by atoms with Gasteiger partial charge in [0.1, 0.15) is 17.2 Å². The van der Waals surface area contributed by atoms with Gasteiger partial charge in [0.2, 0.25) is 0 Å². The Balaban J connectivity index is 2.83. The fourth-order valence-corrected chi connectivity index (χ4v) is 1.11. The van der Waals surface area contributed by atoms with Crippen LogP contribution in [0.1, 0.15) is 0 Å². The molecule has 0 fully saturated rings. The van der Waals surface area contributed by atoms with E-state index < -0.39 is 0 Å². The topological polar surface area (TPSA) is 40.1 Å². The highest BCUT2D eigenvalue weighted by molar-refractivity contribution is 5.71. The summed E-state index contributed by atoms with van der Waals surface area (Å²) in [6.07, 6.45) is 0. The molecule has 10 heavy (non-hydrogen) atoms. The lowest BCUT2D eigenvalue weighted by atomic mass is 10.3. The number of hydrogen-bond donors (Lipinski definition) is 0. The summed E-state index contributed by atoms with van der Waals surface area (Å²) in [7, 11) is 0. The predicted octanol–water partition coefficient (Wildman–Crippen LogP) is 0.382. The fraction of sp³-hybridized carbons (Fsp3) is 0. The third kappa shape index (κ3) is 0.589. The molecular formula is C8H4O2. The van der Waals surface area contributed by atoms with Crippen molar-refractivity contribution in [2.24, 2.45) is 0 Å². The molecule has 2 aliphatic carbocycles. The minimum atomic E-state index is -0.0231. The van der Waals surface area contributed by atoms with E-state index in [0.717, 1.165) is 11.1 Å². The van der Waals surface area contributed by atoms with Gasteiger partial charge < -0.3 is 5.11 Å². The van der Waals surface area contributed by atoms with Crippen molar-refractivity contribution < 1.29 is 5.11 Å². The van der Waals surface area contributed by atoms with Gasteiger partial charge >= 0.3 is 0 Å². The van der Waals surface area contributed by atoms with Gasteiger partial charge in [0.05, 0.1) is 6.07 Å². The summed E-state index contributed by atoms with van der Waals surface area (Å²) in [5.41, 5.74) is 1.50. The second-order valence-corrected chi connectivity index (χ2v) is 2.29. The first-order valence-electron chi connectivity index (χ1n) is 2.97. The highest BCUT2D eigenvalue weighted by atomic mass is 16.3. The third-order valence-corrected chi connectivity index (χ3v) is 1.52. The normalized spacial score (nSPS) is 10.8. The minimum absolute atomic E-state index is 0.0231. The predicted molar refractivity (Wildman–Crippen MR) is 35.6 cm³/mol. The Morgan fingerprint density at radius 3 is 2.80 bits per heavy atom. The van der Waals surface area contributed by atoms with Crippen LogP contribution < -0.4 is 10.5 Å². The second kappa shape index (κ2) is 1.53. The molecule has 2 heteroatoms. The van der Waals surface area contributed by atoms with E-state index in [9.17, 15) is 9.90 Å². The van der Waals surface area contributed by atoms with Crippen LogP contribution >= 0.6 is 0 Å². The average Bonchev–Trinajstić information content (AvgIpc) is 2.21. The van der Waals surface area contributed by atoms with Crippen LogP contribution in [-0.2, 0) is 0 Å². The summed E-state index contributed by atoms with van der Waals surface area (Å²) in [4.78, 5) is 10.7. The smallest absolute Gasteiger partial charge is 0.269 e. The maximum atomic E-state index is 10.7. The van der Waals surface area contributed by atoms with Gasteiger partial charge in [-0.15, -0.1) is 0 Å². The van der Waals surface area contributed by atoms with Crippen molar-refractivity contribution in [2.45, 2.75) is 0 Å². The third-order valence-electron chi connectivity index (χ3n) is 1.52. The number of fused-ring (bicyclic) bond motifs is 1. The lowest BCUT2D eigenvalue weighted by Crippen LogP contribution is -1.86. The van der Waals surface area contributed by atoms with Crippen LogP contribution in [0, 0.1) is 0 Å². The molecule has 0 spiro atoms. The van der Waals surface area contributed by atoms with Crippen molar-refractivity contribution in [2.75, 3.05) is 0 Å². The molecule has 0 atom stereocenters. The summed E-state index contributed by atoms with van der Waals surface area (Å²) >= 11 is 0. The van der Waals surface area contributed by atoms with Gasteiger partial charge in [0.15, 0.2) is 0 Å². The van der Waals surface area contributed by atoms with E-state index in [-0.39, 0.29) is 11.2 Å². The van der Waals surface area contributed by atoms with Crippen molar-refractivity contribution >= 4 is 0 Å². The fourth-order valence-electron chi connectivity index (χ4n) is 1.11. The Labute approximate surface area is 57.4 Å². The molecule has 0 unspecified atom stereocenters. The average molecular weight is 132 g/mol. The van der Waals surface area contributed by atoms with Gasteiger partial charge in [0.25, 0.3) is 5.43 Å². The zero-order valence-corrected chi connectivity index (χ0v) is 5.13. The molecule has 0 aromatic carbocycles. The highest BCUT2D eigenvalue weighted by Crippen LogP contribution is 2.26. The van der Waals surface area contributed by atoms with Gasteiger partial charge in [-0.1, -0.05) is 5.75 Å². The molecule has 0 aliphatic heterocycles. The molecule has 0 aromatic heterocycles. The standard InChI is InChI=1S/C8H4O2/c9-7-1-5-2-8(10)4-6(5)3-7/h1-4H. The van der Waals surface area contributed by atoms with Gasteiger partial charge in [-0.2, -0.15) is 0 Å². The van der Waals surface area contributed by atoms with E-state index in [1.807, 2.05) is 0 Å². The molecule has 0 bridgehead atoms. The first-order chi connectivity index (χ1) is 4.75. The Morgan fingerprint density at radius 2 is 2.10 bits per heavy atom. The van der Waals surface area contributed by atoms with Gasteiger partial charge in [-0.25, -0.2) is 0 Å². The molecule has 2 rings (SSSR count). The summed E-state index contributed by atoms with van der Waals surface area (Å²) in [5, 5.41) is 10.7. The zero-order valence-electron chi connectivity index (χ0n) is 5.13. The number of rotatable bonds is 0. The Bertz CT molecular complexity index is 330. The highest BCUT2D eigenvalue weighted by Gasteiger charge is 2.13. The van der Waals surface area contributed by atoms with Crippen LogP contribution in [0.2, 0.25) is 0 Å². The quantitative estimate of drug-likeness (QED) is 0.486. The van der Waals surface area contributed by atoms with Crippen molar-refractivity contribution in [1.29, 1.82) is 0 Å². The Hall–Kier alpha value is -1.44. The van der Waals surface area contributed by atoms with Gasteiger partial charge in [-0.05, 0) is 0 Å². The van der Waals surface area contributed by atoms with Crippen LogP contribution in [0.25, 0.3) is 11.1 Å². The first kappa shape index (κ1) is 5.35. The minimum Gasteiger partial charge on any atom is -0.864 e. The summed E-state index contributed by atoms with van der Waals surface area (Å²) in [6.45, 7) is 0. The maximum absolute atomic E-state index is 10.7. The molecule has 0 saturated heterocycles. The molecule has 0 heterocycles. The Morgan fingerprint density at radius 1 is 1.30 bits per heavy atom. The van der Waals surface area contributed by atoms with Crippen LogP contribution in [0.5, 0.6) is 5.75 Å². The van der Waals surface area contributed by atoms with Crippen molar-refractivity contribution in [3.63, 3.8) is 0 Å². The number of hydrogen-bond acceptors (Lipinski definition) is 2. The lowest BCUT2D eigenvalue weighted by Gasteiger charge is -1.87. The van der Waals surface area contributed by atoms with E-state index >= 15 is 0 Å². The first-order valence-corrected chi connectivity index (χ1v) is 2.97. The molecule has 2 aliphatic rings.